The van der Waals surface area contributed by atoms with E-state index in [1.807, 2.05) is 14.1 Å². The summed E-state index contributed by atoms with van der Waals surface area (Å²) in [5.74, 6) is 0.00287. The Kier molecular flexibility index (Phi) is 2.85. The maximum Gasteiger partial charge on any atom is 0.349 e. The molecule has 0 amide bonds. The molecule has 1 aromatic heterocycles. The number of nitro groups is 1. The molecule has 0 aliphatic rings. The van der Waals surface area contributed by atoms with Crippen LogP contribution in [-0.2, 0) is 7.05 Å². The van der Waals surface area contributed by atoms with Gasteiger partial charge in [0.1, 0.15) is 0 Å². The van der Waals surface area contributed by atoms with E-state index in [0.717, 1.165) is 0 Å². The zero-order chi connectivity index (χ0) is 10.7. The topological polar surface area (TPSA) is 64.2 Å². The van der Waals surface area contributed by atoms with Gasteiger partial charge < -0.3 is 15.0 Å². The van der Waals surface area contributed by atoms with E-state index in [1.165, 1.54) is 10.9 Å². The SMILES string of the molecule is CN(C)/C=C/c1ncn(C)c1[N+](=O)[O-]. The first-order valence-corrected chi connectivity index (χ1v) is 4.02. The van der Waals surface area contributed by atoms with E-state index in [1.54, 1.807) is 24.2 Å². The smallest absolute Gasteiger partial charge is 0.349 e. The van der Waals surface area contributed by atoms with Crippen LogP contribution in [0.1, 0.15) is 5.69 Å². The summed E-state index contributed by atoms with van der Waals surface area (Å²) in [6, 6.07) is 0. The Morgan fingerprint density at radius 1 is 1.64 bits per heavy atom. The molecular formula is C8H12N4O2. The Hall–Kier alpha value is -1.85. The number of nitrogens with zero attached hydrogens (tertiary/aromatic N) is 4. The Morgan fingerprint density at radius 3 is 2.79 bits per heavy atom. The number of aryl methyl sites for hydroxylation is 1. The highest BCUT2D eigenvalue weighted by atomic mass is 16.6. The minimum Gasteiger partial charge on any atom is -0.383 e. The van der Waals surface area contributed by atoms with Gasteiger partial charge in [0, 0.05) is 20.3 Å². The molecule has 0 atom stereocenters. The van der Waals surface area contributed by atoms with Crippen molar-refractivity contribution in [2.24, 2.45) is 7.05 Å². The fourth-order valence-electron chi connectivity index (χ4n) is 1.00. The van der Waals surface area contributed by atoms with Crippen LogP contribution in [0.4, 0.5) is 5.82 Å². The van der Waals surface area contributed by atoms with Crippen molar-refractivity contribution in [2.75, 3.05) is 14.1 Å². The molecule has 14 heavy (non-hydrogen) atoms. The van der Waals surface area contributed by atoms with Gasteiger partial charge in [-0.2, -0.15) is 0 Å². The zero-order valence-corrected chi connectivity index (χ0v) is 8.34. The molecular weight excluding hydrogens is 184 g/mol. The number of rotatable bonds is 3. The number of hydrogen-bond acceptors (Lipinski definition) is 4. The number of aromatic nitrogens is 2. The quantitative estimate of drug-likeness (QED) is 0.531. The summed E-state index contributed by atoms with van der Waals surface area (Å²) < 4.78 is 1.38. The fourth-order valence-corrected chi connectivity index (χ4v) is 1.00. The lowest BCUT2D eigenvalue weighted by molar-refractivity contribution is -0.392. The first kappa shape index (κ1) is 10.2. The molecule has 0 spiro atoms. The van der Waals surface area contributed by atoms with E-state index in [0.29, 0.717) is 5.69 Å². The Bertz CT molecular complexity index is 367. The zero-order valence-electron chi connectivity index (χ0n) is 8.34. The Balaban J connectivity index is 3.04. The molecule has 0 aliphatic heterocycles. The van der Waals surface area contributed by atoms with Crippen LogP contribution in [0.25, 0.3) is 6.08 Å². The average molecular weight is 196 g/mol. The van der Waals surface area contributed by atoms with Crippen LogP contribution < -0.4 is 0 Å². The Labute approximate surface area is 81.6 Å². The first-order chi connectivity index (χ1) is 6.52. The van der Waals surface area contributed by atoms with Gasteiger partial charge in [0.05, 0.1) is 7.05 Å². The normalized spacial score (nSPS) is 10.8. The summed E-state index contributed by atoms with van der Waals surface area (Å²) in [5.41, 5.74) is 0.367. The monoisotopic (exact) mass is 196 g/mol. The van der Waals surface area contributed by atoms with Crippen LogP contribution in [0, 0.1) is 10.1 Å². The van der Waals surface area contributed by atoms with E-state index in [9.17, 15) is 10.1 Å². The highest BCUT2D eigenvalue weighted by Crippen LogP contribution is 2.16. The van der Waals surface area contributed by atoms with E-state index in [2.05, 4.69) is 4.98 Å². The highest BCUT2D eigenvalue weighted by molar-refractivity contribution is 5.53. The molecule has 0 unspecified atom stereocenters. The number of imidazole rings is 1. The standard InChI is InChI=1S/C8H12N4O2/c1-10(2)5-4-7-8(12(13)14)11(3)6-9-7/h4-6H,1-3H3/b5-4+. The first-order valence-electron chi connectivity index (χ1n) is 4.02. The van der Waals surface area contributed by atoms with Crippen molar-refractivity contribution in [1.29, 1.82) is 0 Å². The van der Waals surface area contributed by atoms with Gasteiger partial charge in [0.25, 0.3) is 0 Å². The van der Waals surface area contributed by atoms with Crippen LogP contribution in [0.3, 0.4) is 0 Å². The summed E-state index contributed by atoms with van der Waals surface area (Å²) in [6.07, 6.45) is 4.75. The van der Waals surface area contributed by atoms with Crippen molar-refractivity contribution in [2.45, 2.75) is 0 Å². The number of hydrogen-bond donors (Lipinski definition) is 0. The minimum atomic E-state index is -0.442. The fraction of sp³-hybridized carbons (Fsp3) is 0.375. The summed E-state index contributed by atoms with van der Waals surface area (Å²) in [5, 5.41) is 10.6. The molecule has 1 aromatic rings. The minimum absolute atomic E-state index is 0.00287. The van der Waals surface area contributed by atoms with Crippen LogP contribution in [0.5, 0.6) is 0 Å². The average Bonchev–Trinajstić information content (AvgIpc) is 2.43. The summed E-state index contributed by atoms with van der Waals surface area (Å²) in [7, 11) is 5.27. The molecule has 0 bridgehead atoms. The van der Waals surface area contributed by atoms with Gasteiger partial charge in [-0.15, -0.1) is 0 Å². The molecule has 0 saturated carbocycles. The largest absolute Gasteiger partial charge is 0.383 e. The van der Waals surface area contributed by atoms with Crippen LogP contribution in [0.15, 0.2) is 12.5 Å². The highest BCUT2D eigenvalue weighted by Gasteiger charge is 2.16. The maximum atomic E-state index is 10.6. The molecule has 0 radical (unpaired) electrons. The molecule has 0 fully saturated rings. The molecule has 0 N–H and O–H groups in total. The van der Waals surface area contributed by atoms with Crippen molar-refractivity contribution < 1.29 is 4.92 Å². The second-order valence-electron chi connectivity index (χ2n) is 3.10. The third-order valence-corrected chi connectivity index (χ3v) is 1.64. The molecule has 1 heterocycles. The summed E-state index contributed by atoms with van der Waals surface area (Å²) in [6.45, 7) is 0. The third-order valence-electron chi connectivity index (χ3n) is 1.64. The van der Waals surface area contributed by atoms with Gasteiger partial charge in [-0.1, -0.05) is 0 Å². The van der Waals surface area contributed by atoms with Crippen molar-refractivity contribution in [3.05, 3.63) is 28.3 Å². The van der Waals surface area contributed by atoms with Crippen LogP contribution >= 0.6 is 0 Å². The molecule has 0 aliphatic carbocycles. The Morgan fingerprint density at radius 2 is 2.29 bits per heavy atom. The summed E-state index contributed by atoms with van der Waals surface area (Å²) >= 11 is 0. The lowest BCUT2D eigenvalue weighted by Gasteiger charge is -2.01. The predicted molar refractivity (Wildman–Crippen MR) is 52.6 cm³/mol. The molecule has 0 aromatic carbocycles. The molecule has 0 saturated heterocycles. The second-order valence-corrected chi connectivity index (χ2v) is 3.10. The predicted octanol–water partition coefficient (Wildman–Crippen LogP) is 0.861. The van der Waals surface area contributed by atoms with E-state index < -0.39 is 4.92 Å². The van der Waals surface area contributed by atoms with Crippen molar-refractivity contribution in [3.8, 4) is 0 Å². The van der Waals surface area contributed by atoms with Gasteiger partial charge in [-0.25, -0.2) is 9.55 Å². The maximum absolute atomic E-state index is 10.6. The third kappa shape index (κ3) is 2.09. The van der Waals surface area contributed by atoms with Crippen molar-refractivity contribution >= 4 is 11.9 Å². The lowest BCUT2D eigenvalue weighted by atomic mass is 10.4. The molecule has 6 nitrogen and oxygen atoms in total. The van der Waals surface area contributed by atoms with Gasteiger partial charge in [-0.3, -0.25) is 0 Å². The van der Waals surface area contributed by atoms with Crippen molar-refractivity contribution in [1.82, 2.24) is 14.5 Å². The van der Waals surface area contributed by atoms with Crippen LogP contribution in [-0.4, -0.2) is 33.5 Å². The van der Waals surface area contributed by atoms with E-state index in [-0.39, 0.29) is 5.82 Å². The molecule has 76 valence electrons. The lowest BCUT2D eigenvalue weighted by Crippen LogP contribution is -2.01. The van der Waals surface area contributed by atoms with Crippen molar-refractivity contribution in [3.63, 3.8) is 0 Å². The van der Waals surface area contributed by atoms with E-state index in [4.69, 9.17) is 0 Å². The molecule has 1 rings (SSSR count). The van der Waals surface area contributed by atoms with E-state index >= 15 is 0 Å². The van der Waals surface area contributed by atoms with Crippen LogP contribution in [0.2, 0.25) is 0 Å². The van der Waals surface area contributed by atoms with Gasteiger partial charge in [-0.05, 0) is 11.0 Å². The van der Waals surface area contributed by atoms with Gasteiger partial charge in [0.2, 0.25) is 0 Å². The second kappa shape index (κ2) is 3.91. The molecule has 6 heteroatoms. The summed E-state index contributed by atoms with van der Waals surface area (Å²) in [4.78, 5) is 15.9. The van der Waals surface area contributed by atoms with Gasteiger partial charge >= 0.3 is 5.82 Å². The van der Waals surface area contributed by atoms with Gasteiger partial charge in [0.15, 0.2) is 12.0 Å².